The number of nitrogens with zero attached hydrogens (tertiary/aromatic N) is 1. The second-order valence-electron chi connectivity index (χ2n) is 4.03. The van der Waals surface area contributed by atoms with Gasteiger partial charge in [-0.3, -0.25) is 10.1 Å². The van der Waals surface area contributed by atoms with E-state index in [1.54, 1.807) is 24.3 Å². The third-order valence-corrected chi connectivity index (χ3v) is 2.67. The van der Waals surface area contributed by atoms with Gasteiger partial charge in [-0.25, -0.2) is 4.79 Å². The summed E-state index contributed by atoms with van der Waals surface area (Å²) in [6.07, 6.45) is 0. The number of nitro benzene ring substituents is 1. The molecule has 0 aliphatic rings. The Hall–Kier alpha value is -3.09. The van der Waals surface area contributed by atoms with Crippen molar-refractivity contribution in [2.75, 3.05) is 7.11 Å². The monoisotopic (exact) mass is 289 g/mol. The average molecular weight is 289 g/mol. The molecule has 0 bridgehead atoms. The van der Waals surface area contributed by atoms with Gasteiger partial charge < -0.3 is 14.6 Å². The van der Waals surface area contributed by atoms with Crippen LogP contribution in [0.1, 0.15) is 10.4 Å². The molecule has 21 heavy (non-hydrogen) atoms. The van der Waals surface area contributed by atoms with Crippen LogP contribution >= 0.6 is 0 Å². The molecule has 7 nitrogen and oxygen atoms in total. The lowest BCUT2D eigenvalue weighted by molar-refractivity contribution is -0.385. The SMILES string of the molecule is COc1cccc(Oc2ccc(C(=O)O)cc2[N+](=O)[O-])c1. The molecule has 0 amide bonds. The number of hydrogen-bond donors (Lipinski definition) is 1. The standard InChI is InChI=1S/C14H11NO6/c1-20-10-3-2-4-11(8-10)21-13-6-5-9(14(16)17)7-12(13)15(18)19/h2-8H,1H3,(H,16,17). The van der Waals surface area contributed by atoms with Crippen molar-refractivity contribution < 1.29 is 24.3 Å². The first-order valence-corrected chi connectivity index (χ1v) is 5.85. The maximum absolute atomic E-state index is 11.0. The molecule has 0 aromatic heterocycles. The molecule has 2 rings (SSSR count). The van der Waals surface area contributed by atoms with E-state index in [9.17, 15) is 14.9 Å². The van der Waals surface area contributed by atoms with Crippen molar-refractivity contribution >= 4 is 11.7 Å². The number of methoxy groups -OCH3 is 1. The van der Waals surface area contributed by atoms with Crippen LogP contribution < -0.4 is 9.47 Å². The Morgan fingerprint density at radius 1 is 1.19 bits per heavy atom. The van der Waals surface area contributed by atoms with Gasteiger partial charge in [0, 0.05) is 12.1 Å². The van der Waals surface area contributed by atoms with E-state index in [1.807, 2.05) is 0 Å². The van der Waals surface area contributed by atoms with Gasteiger partial charge in [0.15, 0.2) is 0 Å². The van der Waals surface area contributed by atoms with Gasteiger partial charge in [-0.2, -0.15) is 0 Å². The molecular weight excluding hydrogens is 278 g/mol. The summed E-state index contributed by atoms with van der Waals surface area (Å²) in [4.78, 5) is 21.2. The van der Waals surface area contributed by atoms with Crippen molar-refractivity contribution in [1.29, 1.82) is 0 Å². The molecule has 108 valence electrons. The van der Waals surface area contributed by atoms with E-state index in [-0.39, 0.29) is 11.3 Å². The Morgan fingerprint density at radius 2 is 1.90 bits per heavy atom. The molecule has 2 aromatic carbocycles. The molecule has 0 radical (unpaired) electrons. The van der Waals surface area contributed by atoms with Gasteiger partial charge in [0.05, 0.1) is 17.6 Å². The third kappa shape index (κ3) is 3.27. The smallest absolute Gasteiger partial charge is 0.335 e. The minimum Gasteiger partial charge on any atom is -0.497 e. The Balaban J connectivity index is 2.38. The van der Waals surface area contributed by atoms with Crippen LogP contribution in [-0.4, -0.2) is 23.1 Å². The quantitative estimate of drug-likeness (QED) is 0.670. The van der Waals surface area contributed by atoms with Crippen molar-refractivity contribution in [2.45, 2.75) is 0 Å². The summed E-state index contributed by atoms with van der Waals surface area (Å²) in [6.45, 7) is 0. The first-order chi connectivity index (χ1) is 10.0. The van der Waals surface area contributed by atoms with Crippen LogP contribution in [0.3, 0.4) is 0 Å². The van der Waals surface area contributed by atoms with Crippen molar-refractivity contribution in [2.24, 2.45) is 0 Å². The summed E-state index contributed by atoms with van der Waals surface area (Å²) in [7, 11) is 1.49. The minimum atomic E-state index is -1.24. The number of aromatic carboxylic acids is 1. The number of hydrogen-bond acceptors (Lipinski definition) is 5. The lowest BCUT2D eigenvalue weighted by Gasteiger charge is -2.08. The topological polar surface area (TPSA) is 98.9 Å². The van der Waals surface area contributed by atoms with E-state index < -0.39 is 16.6 Å². The summed E-state index contributed by atoms with van der Waals surface area (Å²) in [5.74, 6) is -0.401. The van der Waals surface area contributed by atoms with Crippen LogP contribution in [0.25, 0.3) is 0 Å². The highest BCUT2D eigenvalue weighted by molar-refractivity contribution is 5.88. The van der Waals surface area contributed by atoms with Crippen LogP contribution in [0, 0.1) is 10.1 Å². The molecule has 0 unspecified atom stereocenters. The number of nitro groups is 1. The zero-order valence-corrected chi connectivity index (χ0v) is 11.0. The molecule has 0 aliphatic heterocycles. The van der Waals surface area contributed by atoms with Gasteiger partial charge in [0.2, 0.25) is 5.75 Å². The lowest BCUT2D eigenvalue weighted by atomic mass is 10.2. The molecule has 2 aromatic rings. The van der Waals surface area contributed by atoms with E-state index in [1.165, 1.54) is 19.2 Å². The van der Waals surface area contributed by atoms with Crippen LogP contribution in [0.4, 0.5) is 5.69 Å². The molecule has 1 N–H and O–H groups in total. The van der Waals surface area contributed by atoms with E-state index in [0.29, 0.717) is 11.5 Å². The molecule has 0 atom stereocenters. The van der Waals surface area contributed by atoms with Crippen LogP contribution in [-0.2, 0) is 0 Å². The summed E-state index contributed by atoms with van der Waals surface area (Å²) >= 11 is 0. The van der Waals surface area contributed by atoms with E-state index in [0.717, 1.165) is 6.07 Å². The van der Waals surface area contributed by atoms with Crippen molar-refractivity contribution in [1.82, 2.24) is 0 Å². The maximum atomic E-state index is 11.0. The van der Waals surface area contributed by atoms with Gasteiger partial charge >= 0.3 is 11.7 Å². The van der Waals surface area contributed by atoms with E-state index >= 15 is 0 Å². The second kappa shape index (κ2) is 5.91. The van der Waals surface area contributed by atoms with Crippen molar-refractivity contribution in [3.63, 3.8) is 0 Å². The average Bonchev–Trinajstić information content (AvgIpc) is 2.47. The maximum Gasteiger partial charge on any atom is 0.335 e. The highest BCUT2D eigenvalue weighted by Crippen LogP contribution is 2.33. The number of benzene rings is 2. The molecule has 0 saturated heterocycles. The van der Waals surface area contributed by atoms with Crippen molar-refractivity contribution in [3.8, 4) is 17.2 Å². The van der Waals surface area contributed by atoms with Gasteiger partial charge in [0.1, 0.15) is 11.5 Å². The molecule has 0 saturated carbocycles. The fraction of sp³-hybridized carbons (Fsp3) is 0.0714. The van der Waals surface area contributed by atoms with Crippen LogP contribution in [0.15, 0.2) is 42.5 Å². The summed E-state index contributed by atoms with van der Waals surface area (Å²) in [5.41, 5.74) is -0.600. The van der Waals surface area contributed by atoms with Crippen molar-refractivity contribution in [3.05, 3.63) is 58.1 Å². The Bertz CT molecular complexity index is 698. The Labute approximate surface area is 119 Å². The number of carboxylic acid groups (broad SMARTS) is 1. The third-order valence-electron chi connectivity index (χ3n) is 2.67. The summed E-state index contributed by atoms with van der Waals surface area (Å²) in [6, 6.07) is 10.00. The predicted molar refractivity (Wildman–Crippen MR) is 73.1 cm³/mol. The predicted octanol–water partition coefficient (Wildman–Crippen LogP) is 3.09. The Morgan fingerprint density at radius 3 is 2.52 bits per heavy atom. The Kier molecular flexibility index (Phi) is 4.03. The van der Waals surface area contributed by atoms with Gasteiger partial charge in [-0.05, 0) is 24.3 Å². The van der Waals surface area contributed by atoms with Crippen LogP contribution in [0.5, 0.6) is 17.2 Å². The molecule has 0 heterocycles. The fourth-order valence-corrected chi connectivity index (χ4v) is 1.67. The van der Waals surface area contributed by atoms with Gasteiger partial charge in [-0.15, -0.1) is 0 Å². The summed E-state index contributed by atoms with van der Waals surface area (Å²) < 4.78 is 10.5. The molecule has 0 aliphatic carbocycles. The molecule has 7 heteroatoms. The largest absolute Gasteiger partial charge is 0.497 e. The lowest BCUT2D eigenvalue weighted by Crippen LogP contribution is -2.00. The second-order valence-corrected chi connectivity index (χ2v) is 4.03. The molecule has 0 spiro atoms. The number of ether oxygens (including phenoxy) is 2. The first-order valence-electron chi connectivity index (χ1n) is 5.85. The van der Waals surface area contributed by atoms with Crippen LogP contribution in [0.2, 0.25) is 0 Å². The van der Waals surface area contributed by atoms with Gasteiger partial charge in [-0.1, -0.05) is 6.07 Å². The normalized spacial score (nSPS) is 9.95. The molecule has 0 fully saturated rings. The fourth-order valence-electron chi connectivity index (χ4n) is 1.67. The first kappa shape index (κ1) is 14.3. The highest BCUT2D eigenvalue weighted by Gasteiger charge is 2.19. The number of carboxylic acids is 1. The molecular formula is C14H11NO6. The van der Waals surface area contributed by atoms with E-state index in [4.69, 9.17) is 14.6 Å². The number of carbonyl (C=O) groups is 1. The van der Waals surface area contributed by atoms with E-state index in [2.05, 4.69) is 0 Å². The minimum absolute atomic E-state index is 0.0433. The zero-order chi connectivity index (χ0) is 15.4. The highest BCUT2D eigenvalue weighted by atomic mass is 16.6. The van der Waals surface area contributed by atoms with Gasteiger partial charge in [0.25, 0.3) is 0 Å². The summed E-state index contributed by atoms with van der Waals surface area (Å²) in [5, 5.41) is 19.9. The number of rotatable bonds is 5. The zero-order valence-electron chi connectivity index (χ0n) is 11.0.